The molecule has 2 saturated heterocycles. The molecule has 5 aliphatic heterocycles. The highest BCUT2D eigenvalue weighted by Gasteiger charge is 2.54. The minimum absolute atomic E-state index is 0.0254. The van der Waals surface area contributed by atoms with E-state index in [1.165, 1.54) is 7.05 Å². The highest BCUT2D eigenvalue weighted by atomic mass is 19.3. The standard InChI is InChI=1S/C46H52F2N10O5.C2H6/c1-49-43(61)39(6-4-16-59)57-44(62)33-8-7-31(18-36(33)45(57)63)55-25-46(26-55)20-32(21-46)54-14-9-30(10-15-54)58-38-11-13-53(27-60)24-37(38)42(51-58)56-12-3-5-28-17-34(29-22-50-52(2)23-29)35(41(47)48)19-40(28)56;1-2/h7-8,16-19,22-23,27,30,32,39,41H,3-6,9-15,20-21,24-26H2,1-2H3,(H,49,61);1-2H3. The predicted octanol–water partition coefficient (Wildman–Crippen LogP) is 5.84. The lowest BCUT2D eigenvalue weighted by Crippen LogP contribution is -2.67. The number of alkyl halides is 2. The minimum atomic E-state index is -2.67. The molecule has 1 aliphatic carbocycles. The summed E-state index contributed by atoms with van der Waals surface area (Å²) in [6, 6.07) is 8.50. The molecule has 0 bridgehead atoms. The number of nitrogens with one attached hydrogen (secondary N) is 1. The normalized spacial score (nSPS) is 19.9. The van der Waals surface area contributed by atoms with Gasteiger partial charge in [0.25, 0.3) is 18.2 Å². The Morgan fingerprint density at radius 3 is 2.38 bits per heavy atom. The van der Waals surface area contributed by atoms with Crippen molar-refractivity contribution in [3.63, 3.8) is 0 Å². The zero-order valence-corrected chi connectivity index (χ0v) is 37.6. The molecule has 3 fully saturated rings. The monoisotopic (exact) mass is 892 g/mol. The van der Waals surface area contributed by atoms with Crippen LogP contribution in [0.4, 0.5) is 26.0 Å². The van der Waals surface area contributed by atoms with E-state index in [2.05, 4.69) is 29.8 Å². The highest BCUT2D eigenvalue weighted by molar-refractivity contribution is 6.23. The van der Waals surface area contributed by atoms with Crippen molar-refractivity contribution < 1.29 is 32.8 Å². The number of fused-ring (bicyclic) bond motifs is 3. The zero-order chi connectivity index (χ0) is 45.7. The van der Waals surface area contributed by atoms with E-state index in [0.29, 0.717) is 49.5 Å². The van der Waals surface area contributed by atoms with Gasteiger partial charge in [0.1, 0.15) is 12.3 Å². The van der Waals surface area contributed by atoms with E-state index < -0.39 is 30.2 Å². The van der Waals surface area contributed by atoms with Crippen LogP contribution in [-0.2, 0) is 40.8 Å². The maximum absolute atomic E-state index is 14.7. The van der Waals surface area contributed by atoms with Gasteiger partial charge in [0.05, 0.1) is 29.9 Å². The molecule has 1 saturated carbocycles. The maximum atomic E-state index is 14.7. The van der Waals surface area contributed by atoms with E-state index in [-0.39, 0.29) is 41.0 Å². The summed E-state index contributed by atoms with van der Waals surface area (Å²) in [5, 5.41) is 12.1. The molecule has 17 heteroatoms. The van der Waals surface area contributed by atoms with Crippen LogP contribution in [0.3, 0.4) is 0 Å². The van der Waals surface area contributed by atoms with E-state index in [1.54, 1.807) is 47.2 Å². The van der Waals surface area contributed by atoms with Crippen molar-refractivity contribution in [1.82, 2.24) is 39.6 Å². The van der Waals surface area contributed by atoms with Crippen LogP contribution >= 0.6 is 0 Å². The average molecular weight is 893 g/mol. The molecule has 4 aromatic rings. The topological polar surface area (TPSA) is 149 Å². The Morgan fingerprint density at radius 2 is 1.71 bits per heavy atom. The number of likely N-dealkylation sites (tertiary alicyclic amines) is 1. The van der Waals surface area contributed by atoms with Gasteiger partial charge in [-0.1, -0.05) is 13.8 Å². The fourth-order valence-electron chi connectivity index (χ4n) is 11.3. The molecule has 2 aromatic heterocycles. The molecular formula is C48H58F2N10O5. The molecule has 0 radical (unpaired) electrons. The number of nitrogens with zero attached hydrogens (tertiary/aromatic N) is 9. The summed E-state index contributed by atoms with van der Waals surface area (Å²) in [7, 11) is 3.22. The number of benzene rings is 2. The number of piperidine rings is 1. The van der Waals surface area contributed by atoms with Crippen LogP contribution in [0, 0.1) is 5.41 Å². The summed E-state index contributed by atoms with van der Waals surface area (Å²) in [4.78, 5) is 72.3. The maximum Gasteiger partial charge on any atom is 0.264 e. The fourth-order valence-corrected chi connectivity index (χ4v) is 11.3. The molecule has 65 heavy (non-hydrogen) atoms. The number of aryl methyl sites for hydroxylation is 2. The zero-order valence-electron chi connectivity index (χ0n) is 37.6. The van der Waals surface area contributed by atoms with Crippen molar-refractivity contribution in [1.29, 1.82) is 0 Å². The van der Waals surface area contributed by atoms with E-state index in [9.17, 15) is 32.8 Å². The third-order valence-corrected chi connectivity index (χ3v) is 14.6. The number of aromatic nitrogens is 4. The number of imide groups is 1. The molecule has 1 spiro atoms. The van der Waals surface area contributed by atoms with Gasteiger partial charge in [-0.2, -0.15) is 10.2 Å². The van der Waals surface area contributed by atoms with Crippen molar-refractivity contribution in [3.8, 4) is 11.1 Å². The van der Waals surface area contributed by atoms with Crippen molar-refractivity contribution in [2.45, 2.75) is 103 Å². The highest BCUT2D eigenvalue weighted by Crippen LogP contribution is 2.52. The molecule has 2 aromatic carbocycles. The Balaban J connectivity index is 0.00000263. The van der Waals surface area contributed by atoms with Gasteiger partial charge in [0.15, 0.2) is 5.82 Å². The number of aldehydes is 1. The average Bonchev–Trinajstić information content (AvgIpc) is 3.98. The molecule has 6 aliphatic rings. The van der Waals surface area contributed by atoms with Gasteiger partial charge >= 0.3 is 0 Å². The molecule has 7 heterocycles. The van der Waals surface area contributed by atoms with Crippen LogP contribution in [0.5, 0.6) is 0 Å². The number of halogens is 2. The summed E-state index contributed by atoms with van der Waals surface area (Å²) in [6.07, 6.45) is 8.81. The summed E-state index contributed by atoms with van der Waals surface area (Å²) in [5.74, 6) is -0.737. The van der Waals surface area contributed by atoms with E-state index >= 15 is 0 Å². The lowest BCUT2D eigenvalue weighted by molar-refractivity contribution is -0.125. The smallest absolute Gasteiger partial charge is 0.264 e. The first-order valence-electron chi connectivity index (χ1n) is 23.2. The fraction of sp³-hybridized carbons (Fsp3) is 0.521. The molecule has 1 unspecified atom stereocenters. The Bertz CT molecular complexity index is 2500. The Hall–Kier alpha value is -5.97. The Kier molecular flexibility index (Phi) is 12.1. The van der Waals surface area contributed by atoms with E-state index in [4.69, 9.17) is 5.10 Å². The summed E-state index contributed by atoms with van der Waals surface area (Å²) < 4.78 is 33.2. The van der Waals surface area contributed by atoms with Gasteiger partial charge in [-0.3, -0.25) is 33.4 Å². The first kappa shape index (κ1) is 44.2. The number of likely N-dealkylation sites (N-methyl/N-ethyl adjacent to an activating group) is 1. The number of anilines is 3. The second kappa shape index (κ2) is 17.8. The van der Waals surface area contributed by atoms with Gasteiger partial charge < -0.3 is 29.7 Å². The van der Waals surface area contributed by atoms with Gasteiger partial charge in [-0.15, -0.1) is 0 Å². The number of hydrogen-bond donors (Lipinski definition) is 1. The van der Waals surface area contributed by atoms with Gasteiger partial charge in [0.2, 0.25) is 12.3 Å². The summed E-state index contributed by atoms with van der Waals surface area (Å²) in [6.45, 7) is 9.33. The second-order valence-corrected chi connectivity index (χ2v) is 18.3. The first-order chi connectivity index (χ1) is 31.5. The van der Waals surface area contributed by atoms with E-state index in [0.717, 1.165) is 110 Å². The number of rotatable bonds is 12. The predicted molar refractivity (Wildman–Crippen MR) is 240 cm³/mol. The molecular weight excluding hydrogens is 835 g/mol. The van der Waals surface area contributed by atoms with E-state index in [1.807, 2.05) is 26.0 Å². The molecule has 344 valence electrons. The van der Waals surface area contributed by atoms with Crippen LogP contribution < -0.4 is 15.1 Å². The molecule has 15 nitrogen and oxygen atoms in total. The first-order valence-corrected chi connectivity index (χ1v) is 23.2. The lowest BCUT2D eigenvalue weighted by atomic mass is 9.60. The number of carbonyl (C=O) groups excluding carboxylic acids is 5. The van der Waals surface area contributed by atoms with Crippen molar-refractivity contribution in [2.24, 2.45) is 12.5 Å². The van der Waals surface area contributed by atoms with Crippen LogP contribution in [-0.4, -0.2) is 123 Å². The van der Waals surface area contributed by atoms with Gasteiger partial charge in [0, 0.05) is 118 Å². The quantitative estimate of drug-likeness (QED) is 0.136. The number of carbonyl (C=O) groups is 5. The van der Waals surface area contributed by atoms with Gasteiger partial charge in [-0.25, -0.2) is 8.78 Å². The molecule has 4 amide bonds. The molecule has 1 atom stereocenters. The SMILES string of the molecule is CC.CNC(=O)C(CCC=O)N1C(=O)c2ccc(N3CC4(CC(N5CCC(n6nc(N7CCCc8cc(-c9cnn(C)c9)c(C(F)F)cc87)c7c6CCN(C=O)C7)CC5)C4)C3)cc2C1=O. The van der Waals surface area contributed by atoms with Crippen molar-refractivity contribution >= 4 is 47.6 Å². The van der Waals surface area contributed by atoms with Gasteiger partial charge in [-0.05, 0) is 86.4 Å². The minimum Gasteiger partial charge on any atom is -0.370 e. The van der Waals surface area contributed by atoms with Crippen LogP contribution in [0.25, 0.3) is 11.1 Å². The third kappa shape index (κ3) is 7.78. The Labute approximate surface area is 377 Å². The van der Waals surface area contributed by atoms with Crippen molar-refractivity contribution in [3.05, 3.63) is 76.2 Å². The largest absolute Gasteiger partial charge is 0.370 e. The molecule has 10 rings (SSSR count). The Morgan fingerprint density at radius 1 is 0.954 bits per heavy atom. The molecule has 1 N–H and O–H groups in total. The summed E-state index contributed by atoms with van der Waals surface area (Å²) in [5.41, 5.74) is 6.70. The van der Waals surface area contributed by atoms with Crippen LogP contribution in [0.2, 0.25) is 0 Å². The summed E-state index contributed by atoms with van der Waals surface area (Å²) >= 11 is 0. The third-order valence-electron chi connectivity index (χ3n) is 14.6. The second-order valence-electron chi connectivity index (χ2n) is 18.3. The number of hydrogen-bond acceptors (Lipinski definition) is 10. The van der Waals surface area contributed by atoms with Crippen LogP contribution in [0.1, 0.15) is 114 Å². The number of amides is 4. The van der Waals surface area contributed by atoms with Crippen LogP contribution in [0.15, 0.2) is 42.7 Å². The lowest BCUT2D eigenvalue weighted by Gasteiger charge is -2.62. The van der Waals surface area contributed by atoms with Crippen molar-refractivity contribution in [2.75, 3.05) is 56.1 Å².